The van der Waals surface area contributed by atoms with E-state index in [4.69, 9.17) is 14.9 Å². The molecule has 0 spiro atoms. The zero-order chi connectivity index (χ0) is 15.5. The summed E-state index contributed by atoms with van der Waals surface area (Å²) in [6, 6.07) is 6.56. The maximum absolute atomic E-state index is 12.3. The maximum Gasteiger partial charge on any atom is 0.244 e. The smallest absolute Gasteiger partial charge is 0.244 e. The first-order valence-electron chi connectivity index (χ1n) is 6.40. The number of aryl methyl sites for hydroxylation is 1. The topological polar surface area (TPSA) is 94.6 Å². The summed E-state index contributed by atoms with van der Waals surface area (Å²) in [5.41, 5.74) is 6.95. The second kappa shape index (κ2) is 6.19. The molecule has 3 N–H and O–H groups in total. The molecule has 114 valence electrons. The highest BCUT2D eigenvalue weighted by Crippen LogP contribution is 2.28. The molecule has 0 radical (unpaired) electrons. The van der Waals surface area contributed by atoms with Crippen LogP contribution in [0.15, 0.2) is 39.8 Å². The molecule has 0 saturated carbocycles. The zero-order valence-corrected chi connectivity index (χ0v) is 12.7. The van der Waals surface area contributed by atoms with Crippen LogP contribution in [0.25, 0.3) is 0 Å². The Hall–Kier alpha value is -1.99. The molecule has 0 unspecified atom stereocenters. The van der Waals surface area contributed by atoms with Gasteiger partial charge in [0.1, 0.15) is 16.4 Å². The summed E-state index contributed by atoms with van der Waals surface area (Å²) in [7, 11) is -2.27. The molecular formula is C14H18N2O4S. The molecule has 0 aliphatic heterocycles. The van der Waals surface area contributed by atoms with Gasteiger partial charge in [-0.3, -0.25) is 0 Å². The number of anilines is 1. The molecule has 0 fully saturated rings. The number of nitrogens with one attached hydrogen (secondary N) is 1. The van der Waals surface area contributed by atoms with Crippen LogP contribution in [-0.4, -0.2) is 22.1 Å². The number of ether oxygens (including phenoxy) is 1. The van der Waals surface area contributed by atoms with Gasteiger partial charge in [-0.25, -0.2) is 13.1 Å². The maximum atomic E-state index is 12.3. The van der Waals surface area contributed by atoms with Crippen molar-refractivity contribution >= 4 is 15.7 Å². The quantitative estimate of drug-likeness (QED) is 0.792. The van der Waals surface area contributed by atoms with E-state index in [1.807, 2.05) is 0 Å². The highest BCUT2D eigenvalue weighted by atomic mass is 32.2. The van der Waals surface area contributed by atoms with E-state index in [2.05, 4.69) is 4.72 Å². The molecule has 0 aliphatic carbocycles. The summed E-state index contributed by atoms with van der Waals surface area (Å²) in [5, 5.41) is 0. The van der Waals surface area contributed by atoms with Crippen molar-refractivity contribution in [3.8, 4) is 5.75 Å². The first kappa shape index (κ1) is 15.4. The van der Waals surface area contributed by atoms with Crippen molar-refractivity contribution < 1.29 is 17.6 Å². The fourth-order valence-electron chi connectivity index (χ4n) is 1.89. The van der Waals surface area contributed by atoms with Crippen LogP contribution < -0.4 is 15.2 Å². The van der Waals surface area contributed by atoms with Crippen molar-refractivity contribution in [1.82, 2.24) is 4.72 Å². The molecule has 1 aromatic carbocycles. The SMILES string of the molecule is COc1cc(C)c(N)cc1S(=O)(=O)NCCc1ccco1. The molecule has 2 rings (SSSR count). The summed E-state index contributed by atoms with van der Waals surface area (Å²) in [4.78, 5) is 0.0348. The molecule has 0 saturated heterocycles. The van der Waals surface area contributed by atoms with Crippen LogP contribution in [0.5, 0.6) is 5.75 Å². The number of furan rings is 1. The summed E-state index contributed by atoms with van der Waals surface area (Å²) in [5.74, 6) is 0.986. The van der Waals surface area contributed by atoms with Gasteiger partial charge in [0.2, 0.25) is 10.0 Å². The summed E-state index contributed by atoms with van der Waals surface area (Å²) >= 11 is 0. The molecule has 7 heteroatoms. The van der Waals surface area contributed by atoms with Gasteiger partial charge in [0.15, 0.2) is 0 Å². The average Bonchev–Trinajstić information content (AvgIpc) is 2.94. The number of nitrogens with two attached hydrogens (primary N) is 1. The Morgan fingerprint density at radius 3 is 2.76 bits per heavy atom. The van der Waals surface area contributed by atoms with Crippen molar-refractivity contribution in [2.45, 2.75) is 18.2 Å². The van der Waals surface area contributed by atoms with E-state index < -0.39 is 10.0 Å². The molecule has 6 nitrogen and oxygen atoms in total. The van der Waals surface area contributed by atoms with Crippen LogP contribution in [0.4, 0.5) is 5.69 Å². The lowest BCUT2D eigenvalue weighted by Crippen LogP contribution is -2.26. The zero-order valence-electron chi connectivity index (χ0n) is 11.9. The van der Waals surface area contributed by atoms with Crippen molar-refractivity contribution in [3.63, 3.8) is 0 Å². The molecule has 21 heavy (non-hydrogen) atoms. The molecule has 0 aliphatic rings. The Kier molecular flexibility index (Phi) is 4.54. The second-order valence-electron chi connectivity index (χ2n) is 4.59. The third-order valence-corrected chi connectivity index (χ3v) is 4.57. The van der Waals surface area contributed by atoms with Gasteiger partial charge < -0.3 is 14.9 Å². The third kappa shape index (κ3) is 3.56. The standard InChI is InChI=1S/C14H18N2O4S/c1-10-8-13(19-2)14(9-12(10)15)21(17,18)16-6-5-11-4-3-7-20-11/h3-4,7-9,16H,5-6,15H2,1-2H3. The first-order chi connectivity index (χ1) is 9.94. The Bertz CT molecular complexity index is 709. The molecule has 2 aromatic rings. The lowest BCUT2D eigenvalue weighted by molar-refractivity contribution is 0.402. The van der Waals surface area contributed by atoms with E-state index in [0.29, 0.717) is 17.9 Å². The minimum Gasteiger partial charge on any atom is -0.495 e. The molecule has 1 heterocycles. The fourth-order valence-corrected chi connectivity index (χ4v) is 3.10. The minimum absolute atomic E-state index is 0.0348. The first-order valence-corrected chi connectivity index (χ1v) is 7.88. The molecular weight excluding hydrogens is 292 g/mol. The van der Waals surface area contributed by atoms with E-state index in [9.17, 15) is 8.42 Å². The fraction of sp³-hybridized carbons (Fsp3) is 0.286. The van der Waals surface area contributed by atoms with Crippen LogP contribution in [-0.2, 0) is 16.4 Å². The predicted molar refractivity (Wildman–Crippen MR) is 79.7 cm³/mol. The van der Waals surface area contributed by atoms with Crippen molar-refractivity contribution in [3.05, 3.63) is 41.9 Å². The van der Waals surface area contributed by atoms with Gasteiger partial charge >= 0.3 is 0 Å². The summed E-state index contributed by atoms with van der Waals surface area (Å²) in [6.45, 7) is 2.02. The van der Waals surface area contributed by atoms with E-state index >= 15 is 0 Å². The Morgan fingerprint density at radius 1 is 1.38 bits per heavy atom. The number of sulfonamides is 1. The molecule has 0 atom stereocenters. The second-order valence-corrected chi connectivity index (χ2v) is 6.32. The number of hydrogen-bond donors (Lipinski definition) is 2. The summed E-state index contributed by atoms with van der Waals surface area (Å²) < 4.78 is 37.4. The predicted octanol–water partition coefficient (Wildman–Crippen LogP) is 1.70. The van der Waals surface area contributed by atoms with E-state index in [1.165, 1.54) is 13.2 Å². The van der Waals surface area contributed by atoms with Gasteiger partial charge in [-0.2, -0.15) is 0 Å². The van der Waals surface area contributed by atoms with Crippen LogP contribution in [0.2, 0.25) is 0 Å². The Morgan fingerprint density at radius 2 is 2.14 bits per heavy atom. The summed E-state index contributed by atoms with van der Waals surface area (Å²) in [6.07, 6.45) is 2.02. The monoisotopic (exact) mass is 310 g/mol. The van der Waals surface area contributed by atoms with E-state index in [-0.39, 0.29) is 17.2 Å². The van der Waals surface area contributed by atoms with Gasteiger partial charge in [0, 0.05) is 18.7 Å². The van der Waals surface area contributed by atoms with Gasteiger partial charge in [0.05, 0.1) is 13.4 Å². The molecule has 0 bridgehead atoms. The Labute approximate surface area is 124 Å². The van der Waals surface area contributed by atoms with Gasteiger partial charge in [0.25, 0.3) is 0 Å². The lowest BCUT2D eigenvalue weighted by Gasteiger charge is -2.12. The van der Waals surface area contributed by atoms with Crippen molar-refractivity contribution in [1.29, 1.82) is 0 Å². The normalized spacial score (nSPS) is 11.5. The number of methoxy groups -OCH3 is 1. The van der Waals surface area contributed by atoms with Gasteiger partial charge in [-0.15, -0.1) is 0 Å². The van der Waals surface area contributed by atoms with E-state index in [0.717, 1.165) is 5.56 Å². The van der Waals surface area contributed by atoms with Crippen molar-refractivity contribution in [2.24, 2.45) is 0 Å². The third-order valence-electron chi connectivity index (χ3n) is 3.09. The van der Waals surface area contributed by atoms with E-state index in [1.54, 1.807) is 31.4 Å². The van der Waals surface area contributed by atoms with Gasteiger partial charge in [-0.1, -0.05) is 0 Å². The number of rotatable bonds is 6. The van der Waals surface area contributed by atoms with Crippen LogP contribution in [0.1, 0.15) is 11.3 Å². The number of benzene rings is 1. The lowest BCUT2D eigenvalue weighted by atomic mass is 10.2. The largest absolute Gasteiger partial charge is 0.495 e. The van der Waals surface area contributed by atoms with Crippen LogP contribution in [0.3, 0.4) is 0 Å². The molecule has 0 amide bonds. The number of hydrogen-bond acceptors (Lipinski definition) is 5. The average molecular weight is 310 g/mol. The Balaban J connectivity index is 2.17. The van der Waals surface area contributed by atoms with Crippen LogP contribution in [0, 0.1) is 6.92 Å². The minimum atomic E-state index is -3.69. The highest BCUT2D eigenvalue weighted by Gasteiger charge is 2.20. The van der Waals surface area contributed by atoms with Crippen molar-refractivity contribution in [2.75, 3.05) is 19.4 Å². The van der Waals surface area contributed by atoms with Crippen LogP contribution >= 0.6 is 0 Å². The highest BCUT2D eigenvalue weighted by molar-refractivity contribution is 7.89. The molecule has 1 aromatic heterocycles. The van der Waals surface area contributed by atoms with Gasteiger partial charge in [-0.05, 0) is 36.8 Å². The number of nitrogen functional groups attached to an aromatic ring is 1.